The average Bonchev–Trinajstić information content (AvgIpc) is 2.76. The van der Waals surface area contributed by atoms with E-state index in [2.05, 4.69) is 0 Å². The Morgan fingerprint density at radius 2 is 1.87 bits per heavy atom. The van der Waals surface area contributed by atoms with E-state index in [-0.39, 0.29) is 5.91 Å². The average molecular weight is 320 g/mol. The van der Waals surface area contributed by atoms with E-state index in [0.717, 1.165) is 23.7 Å². The fourth-order valence-corrected chi connectivity index (χ4v) is 2.78. The molecule has 124 valence electrons. The predicted octanol–water partition coefficient (Wildman–Crippen LogP) is 3.91. The van der Waals surface area contributed by atoms with Crippen LogP contribution in [-0.4, -0.2) is 29.0 Å². The zero-order valence-corrected chi connectivity index (χ0v) is 14.0. The second-order valence-corrected chi connectivity index (χ2v) is 5.88. The van der Waals surface area contributed by atoms with Gasteiger partial charge in [-0.25, -0.2) is 8.78 Å². The smallest absolute Gasteiger partial charge is 0.270 e. The van der Waals surface area contributed by atoms with Gasteiger partial charge in [0.1, 0.15) is 5.69 Å². The summed E-state index contributed by atoms with van der Waals surface area (Å²) in [4.78, 5) is 14.4. The topological polar surface area (TPSA) is 25.2 Å². The Morgan fingerprint density at radius 3 is 2.48 bits per heavy atom. The lowest BCUT2D eigenvalue weighted by Crippen LogP contribution is -2.30. The van der Waals surface area contributed by atoms with Crippen LogP contribution < -0.4 is 0 Å². The van der Waals surface area contributed by atoms with Crippen LogP contribution in [0.5, 0.6) is 0 Å². The molecule has 0 bridgehead atoms. The van der Waals surface area contributed by atoms with Crippen molar-refractivity contribution in [1.29, 1.82) is 0 Å². The van der Waals surface area contributed by atoms with E-state index < -0.39 is 11.6 Å². The van der Waals surface area contributed by atoms with Gasteiger partial charge in [-0.2, -0.15) is 0 Å². The molecule has 0 saturated heterocycles. The van der Waals surface area contributed by atoms with Gasteiger partial charge in [0, 0.05) is 25.8 Å². The van der Waals surface area contributed by atoms with Gasteiger partial charge in [-0.05, 0) is 49.6 Å². The molecule has 2 aromatic rings. The molecular weight excluding hydrogens is 298 g/mol. The van der Waals surface area contributed by atoms with Crippen LogP contribution in [0, 0.1) is 25.5 Å². The number of nitrogens with zero attached hydrogens (tertiary/aromatic N) is 2. The van der Waals surface area contributed by atoms with Gasteiger partial charge in [-0.1, -0.05) is 13.0 Å². The lowest BCUT2D eigenvalue weighted by Gasteiger charge is -2.19. The van der Waals surface area contributed by atoms with Crippen LogP contribution in [-0.2, 0) is 6.54 Å². The summed E-state index contributed by atoms with van der Waals surface area (Å²) in [6, 6.07) is 5.76. The van der Waals surface area contributed by atoms with E-state index in [1.165, 1.54) is 12.1 Å². The highest BCUT2D eigenvalue weighted by Crippen LogP contribution is 2.20. The Balaban J connectivity index is 2.38. The van der Waals surface area contributed by atoms with Gasteiger partial charge in [0.2, 0.25) is 0 Å². The monoisotopic (exact) mass is 320 g/mol. The molecule has 0 aliphatic rings. The molecule has 0 atom stereocenters. The molecule has 1 heterocycles. The van der Waals surface area contributed by atoms with Crippen LogP contribution in [0.2, 0.25) is 0 Å². The van der Waals surface area contributed by atoms with Crippen molar-refractivity contribution in [3.63, 3.8) is 0 Å². The van der Waals surface area contributed by atoms with Crippen LogP contribution in [0.3, 0.4) is 0 Å². The molecule has 0 aliphatic carbocycles. The fraction of sp³-hybridized carbons (Fsp3) is 0.389. The van der Waals surface area contributed by atoms with E-state index in [1.54, 1.807) is 11.9 Å². The first kappa shape index (κ1) is 17.2. The maximum atomic E-state index is 13.4. The SMILES string of the molecule is CCCN(C)C(=O)c1c(C)cc(C)n1Cc1ccc(F)c(F)c1. The molecule has 0 N–H and O–H groups in total. The van der Waals surface area contributed by atoms with E-state index in [4.69, 9.17) is 0 Å². The Labute approximate surface area is 135 Å². The molecule has 23 heavy (non-hydrogen) atoms. The molecule has 2 rings (SSSR count). The van der Waals surface area contributed by atoms with E-state index in [0.29, 0.717) is 24.3 Å². The Bertz CT molecular complexity index is 722. The lowest BCUT2D eigenvalue weighted by molar-refractivity contribution is 0.0784. The van der Waals surface area contributed by atoms with Gasteiger partial charge in [0.25, 0.3) is 5.91 Å². The first-order valence-electron chi connectivity index (χ1n) is 7.71. The van der Waals surface area contributed by atoms with Crippen molar-refractivity contribution in [1.82, 2.24) is 9.47 Å². The zero-order chi connectivity index (χ0) is 17.1. The molecule has 0 spiro atoms. The molecule has 0 aliphatic heterocycles. The normalized spacial score (nSPS) is 10.9. The second-order valence-electron chi connectivity index (χ2n) is 5.88. The number of hydrogen-bond donors (Lipinski definition) is 0. The Kier molecular flexibility index (Phi) is 5.19. The number of aromatic nitrogens is 1. The third kappa shape index (κ3) is 3.60. The maximum absolute atomic E-state index is 13.4. The van der Waals surface area contributed by atoms with Gasteiger partial charge in [0.05, 0.1) is 0 Å². The summed E-state index contributed by atoms with van der Waals surface area (Å²) in [6.45, 7) is 6.82. The first-order valence-corrected chi connectivity index (χ1v) is 7.71. The number of halogens is 2. The summed E-state index contributed by atoms with van der Waals surface area (Å²) < 4.78 is 28.4. The van der Waals surface area contributed by atoms with Crippen LogP contribution in [0.4, 0.5) is 8.78 Å². The van der Waals surface area contributed by atoms with Gasteiger partial charge >= 0.3 is 0 Å². The van der Waals surface area contributed by atoms with E-state index >= 15 is 0 Å². The van der Waals surface area contributed by atoms with Crippen molar-refractivity contribution in [2.24, 2.45) is 0 Å². The zero-order valence-electron chi connectivity index (χ0n) is 14.0. The summed E-state index contributed by atoms with van der Waals surface area (Å²) in [7, 11) is 1.77. The number of carbonyl (C=O) groups excluding carboxylic acids is 1. The minimum absolute atomic E-state index is 0.0555. The second kappa shape index (κ2) is 6.94. The fourth-order valence-electron chi connectivity index (χ4n) is 2.78. The molecule has 1 aromatic heterocycles. The van der Waals surface area contributed by atoms with Gasteiger partial charge < -0.3 is 9.47 Å². The van der Waals surface area contributed by atoms with Crippen LogP contribution >= 0.6 is 0 Å². The van der Waals surface area contributed by atoms with Gasteiger partial charge in [-0.3, -0.25) is 4.79 Å². The quantitative estimate of drug-likeness (QED) is 0.820. The first-order chi connectivity index (χ1) is 10.8. The highest BCUT2D eigenvalue weighted by molar-refractivity contribution is 5.94. The van der Waals surface area contributed by atoms with Crippen LogP contribution in [0.15, 0.2) is 24.3 Å². The van der Waals surface area contributed by atoms with E-state index in [9.17, 15) is 13.6 Å². The van der Waals surface area contributed by atoms with Crippen molar-refractivity contribution in [3.8, 4) is 0 Å². The third-order valence-electron chi connectivity index (χ3n) is 3.93. The molecule has 0 saturated carbocycles. The molecule has 0 unspecified atom stereocenters. The number of rotatable bonds is 5. The van der Waals surface area contributed by atoms with Gasteiger partial charge in [0.15, 0.2) is 11.6 Å². The largest absolute Gasteiger partial charge is 0.340 e. The third-order valence-corrected chi connectivity index (χ3v) is 3.93. The molecule has 1 aromatic carbocycles. The predicted molar refractivity (Wildman–Crippen MR) is 86.6 cm³/mol. The van der Waals surface area contributed by atoms with E-state index in [1.807, 2.05) is 31.4 Å². The molecule has 3 nitrogen and oxygen atoms in total. The van der Waals surface area contributed by atoms with Crippen LogP contribution in [0.25, 0.3) is 0 Å². The van der Waals surface area contributed by atoms with Crippen molar-refractivity contribution in [2.75, 3.05) is 13.6 Å². The minimum Gasteiger partial charge on any atom is -0.340 e. The molecular formula is C18H22F2N2O. The molecule has 0 radical (unpaired) electrons. The number of hydrogen-bond acceptors (Lipinski definition) is 1. The Hall–Kier alpha value is -2.17. The van der Waals surface area contributed by atoms with Crippen molar-refractivity contribution < 1.29 is 13.6 Å². The summed E-state index contributed by atoms with van der Waals surface area (Å²) >= 11 is 0. The molecule has 5 heteroatoms. The summed E-state index contributed by atoms with van der Waals surface area (Å²) in [6.07, 6.45) is 0.879. The maximum Gasteiger partial charge on any atom is 0.270 e. The lowest BCUT2D eigenvalue weighted by atomic mass is 10.2. The highest BCUT2D eigenvalue weighted by atomic mass is 19.2. The molecule has 0 fully saturated rings. The highest BCUT2D eigenvalue weighted by Gasteiger charge is 2.20. The van der Waals surface area contributed by atoms with Gasteiger partial charge in [-0.15, -0.1) is 0 Å². The number of carbonyl (C=O) groups is 1. The number of amides is 1. The number of aryl methyl sites for hydroxylation is 2. The Morgan fingerprint density at radius 1 is 1.17 bits per heavy atom. The summed E-state index contributed by atoms with van der Waals surface area (Å²) in [5, 5.41) is 0. The van der Waals surface area contributed by atoms with Crippen molar-refractivity contribution in [2.45, 2.75) is 33.7 Å². The summed E-state index contributed by atoms with van der Waals surface area (Å²) in [5.74, 6) is -1.80. The van der Waals surface area contributed by atoms with Crippen LogP contribution in [0.1, 0.15) is 40.7 Å². The molecule has 1 amide bonds. The van der Waals surface area contributed by atoms with Crippen molar-refractivity contribution >= 4 is 5.91 Å². The number of benzene rings is 1. The van der Waals surface area contributed by atoms with Crippen molar-refractivity contribution in [3.05, 3.63) is 58.4 Å². The standard InChI is InChI=1S/C18H22F2N2O/c1-5-8-21(4)18(23)17-12(2)9-13(3)22(17)11-14-6-7-15(19)16(20)10-14/h6-7,9-10H,5,8,11H2,1-4H3. The minimum atomic E-state index is -0.875. The summed E-state index contributed by atoms with van der Waals surface area (Å²) in [5.41, 5.74) is 3.02.